The summed E-state index contributed by atoms with van der Waals surface area (Å²) >= 11 is 5.17. The molecule has 1 rings (SSSR count). The number of rotatable bonds is 3. The number of thiocarbonyl (C=S) groups is 1. The van der Waals surface area contributed by atoms with Gasteiger partial charge in [-0.2, -0.15) is 0 Å². The Hall–Kier alpha value is -1.62. The van der Waals surface area contributed by atoms with Gasteiger partial charge < -0.3 is 15.4 Å². The summed E-state index contributed by atoms with van der Waals surface area (Å²) in [6.07, 6.45) is 0. The highest BCUT2D eigenvalue weighted by atomic mass is 32.1. The number of hydrogen-bond acceptors (Lipinski definition) is 3. The first-order valence-corrected chi connectivity index (χ1v) is 6.11. The number of aryl methyl sites for hydroxylation is 1. The van der Waals surface area contributed by atoms with Crippen LogP contribution in [0.25, 0.3) is 0 Å². The monoisotopic (exact) mass is 266 g/mol. The fraction of sp³-hybridized carbons (Fsp3) is 0.385. The molecule has 0 atom stereocenters. The van der Waals surface area contributed by atoms with Crippen LogP contribution in [0, 0.1) is 6.92 Å². The molecule has 0 saturated heterocycles. The number of ether oxygens (including phenoxy) is 1. The number of carbonyl (C=O) groups is 1. The third-order valence-corrected chi connectivity index (χ3v) is 2.55. The van der Waals surface area contributed by atoms with Gasteiger partial charge in [-0.25, -0.2) is 4.79 Å². The van der Waals surface area contributed by atoms with Crippen LogP contribution in [0.2, 0.25) is 0 Å². The molecule has 0 spiro atoms. The molecule has 0 radical (unpaired) electrons. The Morgan fingerprint density at radius 1 is 1.39 bits per heavy atom. The smallest absolute Gasteiger partial charge is 0.337 e. The molecule has 1 aromatic rings. The molecule has 5 heteroatoms. The fourth-order valence-electron chi connectivity index (χ4n) is 1.42. The molecule has 0 unspecified atom stereocenters. The minimum absolute atomic E-state index is 0.258. The van der Waals surface area contributed by atoms with E-state index in [2.05, 4.69) is 15.4 Å². The first-order chi connectivity index (χ1) is 8.43. The van der Waals surface area contributed by atoms with Gasteiger partial charge in [0, 0.05) is 11.7 Å². The molecule has 0 heterocycles. The summed E-state index contributed by atoms with van der Waals surface area (Å²) in [6.45, 7) is 5.96. The van der Waals surface area contributed by atoms with E-state index < -0.39 is 0 Å². The minimum Gasteiger partial charge on any atom is -0.465 e. The van der Waals surface area contributed by atoms with Gasteiger partial charge in [0.1, 0.15) is 0 Å². The van der Waals surface area contributed by atoms with Crippen molar-refractivity contribution < 1.29 is 9.53 Å². The highest BCUT2D eigenvalue weighted by molar-refractivity contribution is 7.80. The first-order valence-electron chi connectivity index (χ1n) is 5.70. The van der Waals surface area contributed by atoms with E-state index in [-0.39, 0.29) is 12.0 Å². The van der Waals surface area contributed by atoms with E-state index in [1.807, 2.05) is 26.8 Å². The summed E-state index contributed by atoms with van der Waals surface area (Å²) in [6, 6.07) is 5.57. The van der Waals surface area contributed by atoms with E-state index in [1.54, 1.807) is 12.1 Å². The molecule has 18 heavy (non-hydrogen) atoms. The first kappa shape index (κ1) is 14.4. The number of benzene rings is 1. The standard InChI is InChI=1S/C13H18N2O2S/c1-8(2)14-13(18)15-11-7-10(12(16)17-4)6-5-9(11)3/h5-8H,1-4H3,(H2,14,15,18). The molecule has 0 aliphatic carbocycles. The SMILES string of the molecule is COC(=O)c1ccc(C)c(NC(=S)NC(C)C)c1. The van der Waals surface area contributed by atoms with Crippen LogP contribution >= 0.6 is 12.2 Å². The van der Waals surface area contributed by atoms with Crippen LogP contribution in [0.15, 0.2) is 18.2 Å². The van der Waals surface area contributed by atoms with Crippen molar-refractivity contribution in [2.24, 2.45) is 0 Å². The van der Waals surface area contributed by atoms with Gasteiger partial charge in [-0.1, -0.05) is 6.07 Å². The lowest BCUT2D eigenvalue weighted by Gasteiger charge is -2.15. The second kappa shape index (κ2) is 6.35. The topological polar surface area (TPSA) is 50.4 Å². The van der Waals surface area contributed by atoms with E-state index in [1.165, 1.54) is 7.11 Å². The van der Waals surface area contributed by atoms with Crippen LogP contribution < -0.4 is 10.6 Å². The van der Waals surface area contributed by atoms with Crippen molar-refractivity contribution in [1.29, 1.82) is 0 Å². The fourth-order valence-corrected chi connectivity index (χ4v) is 1.77. The Kier molecular flexibility index (Phi) is 5.09. The van der Waals surface area contributed by atoms with Gasteiger partial charge in [-0.05, 0) is 50.7 Å². The predicted octanol–water partition coefficient (Wildman–Crippen LogP) is 2.48. The third kappa shape index (κ3) is 4.00. The minimum atomic E-state index is -0.360. The van der Waals surface area contributed by atoms with Crippen LogP contribution in [-0.4, -0.2) is 24.2 Å². The summed E-state index contributed by atoms with van der Waals surface area (Å²) in [5.41, 5.74) is 2.31. The number of anilines is 1. The van der Waals surface area contributed by atoms with Crippen molar-refractivity contribution >= 4 is 29.0 Å². The summed E-state index contributed by atoms with van der Waals surface area (Å²) in [5, 5.41) is 6.70. The number of methoxy groups -OCH3 is 1. The summed E-state index contributed by atoms with van der Waals surface area (Å²) in [5.74, 6) is -0.360. The zero-order valence-electron chi connectivity index (χ0n) is 11.0. The zero-order valence-corrected chi connectivity index (χ0v) is 11.9. The maximum Gasteiger partial charge on any atom is 0.337 e. The quantitative estimate of drug-likeness (QED) is 0.650. The Balaban J connectivity index is 2.87. The molecule has 0 saturated carbocycles. The van der Waals surface area contributed by atoms with Gasteiger partial charge in [-0.15, -0.1) is 0 Å². The van der Waals surface area contributed by atoms with E-state index in [4.69, 9.17) is 12.2 Å². The molecule has 0 fully saturated rings. The maximum absolute atomic E-state index is 11.4. The van der Waals surface area contributed by atoms with Gasteiger partial charge in [0.25, 0.3) is 0 Å². The number of hydrogen-bond donors (Lipinski definition) is 2. The lowest BCUT2D eigenvalue weighted by atomic mass is 10.1. The summed E-state index contributed by atoms with van der Waals surface area (Å²) < 4.78 is 4.69. The average molecular weight is 266 g/mol. The van der Waals surface area contributed by atoms with Gasteiger partial charge in [-0.3, -0.25) is 0 Å². The highest BCUT2D eigenvalue weighted by Crippen LogP contribution is 2.17. The largest absolute Gasteiger partial charge is 0.465 e. The molecule has 0 amide bonds. The van der Waals surface area contributed by atoms with E-state index >= 15 is 0 Å². The molecule has 0 aliphatic heterocycles. The number of nitrogens with one attached hydrogen (secondary N) is 2. The van der Waals surface area contributed by atoms with Crippen molar-refractivity contribution in [3.05, 3.63) is 29.3 Å². The van der Waals surface area contributed by atoms with Crippen LogP contribution in [0.5, 0.6) is 0 Å². The van der Waals surface area contributed by atoms with Gasteiger partial charge in [0.15, 0.2) is 5.11 Å². The molecule has 0 aromatic heterocycles. The second-order valence-corrected chi connectivity index (χ2v) is 4.68. The molecule has 0 aliphatic rings. The normalized spacial score (nSPS) is 10.1. The van der Waals surface area contributed by atoms with Crippen molar-refractivity contribution in [1.82, 2.24) is 5.32 Å². The van der Waals surface area contributed by atoms with Crippen molar-refractivity contribution in [3.63, 3.8) is 0 Å². The molecule has 1 aromatic carbocycles. The predicted molar refractivity (Wildman–Crippen MR) is 77.0 cm³/mol. The van der Waals surface area contributed by atoms with Gasteiger partial charge in [0.2, 0.25) is 0 Å². The molecular weight excluding hydrogens is 248 g/mol. The molecule has 4 nitrogen and oxygen atoms in total. The van der Waals surface area contributed by atoms with E-state index in [9.17, 15) is 4.79 Å². The molecular formula is C13H18N2O2S. The molecule has 2 N–H and O–H groups in total. The van der Waals surface area contributed by atoms with Crippen molar-refractivity contribution in [2.45, 2.75) is 26.8 Å². The third-order valence-electron chi connectivity index (χ3n) is 2.33. The molecule has 0 bridgehead atoms. The number of carbonyl (C=O) groups excluding carboxylic acids is 1. The Bertz CT molecular complexity index is 458. The van der Waals surface area contributed by atoms with Crippen LogP contribution in [0.4, 0.5) is 5.69 Å². The number of esters is 1. The molecule has 98 valence electrons. The van der Waals surface area contributed by atoms with Crippen LogP contribution in [0.3, 0.4) is 0 Å². The zero-order chi connectivity index (χ0) is 13.7. The van der Waals surface area contributed by atoms with Crippen LogP contribution in [-0.2, 0) is 4.74 Å². The van der Waals surface area contributed by atoms with Crippen LogP contribution in [0.1, 0.15) is 29.8 Å². The Morgan fingerprint density at radius 3 is 2.61 bits per heavy atom. The lowest BCUT2D eigenvalue weighted by molar-refractivity contribution is 0.0601. The van der Waals surface area contributed by atoms with Crippen molar-refractivity contribution in [3.8, 4) is 0 Å². The Morgan fingerprint density at radius 2 is 2.06 bits per heavy atom. The summed E-state index contributed by atoms with van der Waals surface area (Å²) in [7, 11) is 1.36. The van der Waals surface area contributed by atoms with E-state index in [0.29, 0.717) is 10.7 Å². The van der Waals surface area contributed by atoms with Gasteiger partial charge in [0.05, 0.1) is 12.7 Å². The van der Waals surface area contributed by atoms with Gasteiger partial charge >= 0.3 is 5.97 Å². The summed E-state index contributed by atoms with van der Waals surface area (Å²) in [4.78, 5) is 11.4. The maximum atomic E-state index is 11.4. The van der Waals surface area contributed by atoms with Crippen molar-refractivity contribution in [2.75, 3.05) is 12.4 Å². The van der Waals surface area contributed by atoms with E-state index in [0.717, 1.165) is 11.3 Å². The highest BCUT2D eigenvalue weighted by Gasteiger charge is 2.09. The second-order valence-electron chi connectivity index (χ2n) is 4.27. The average Bonchev–Trinajstić information content (AvgIpc) is 2.30. The Labute approximate surface area is 113 Å². The lowest BCUT2D eigenvalue weighted by Crippen LogP contribution is -2.34.